The molecule has 0 fully saturated rings. The van der Waals surface area contributed by atoms with Gasteiger partial charge in [-0.15, -0.1) is 0 Å². The second-order valence-electron chi connectivity index (χ2n) is 2.37. The fourth-order valence-electron chi connectivity index (χ4n) is 0.204. The molecule has 0 bridgehead atoms. The van der Waals surface area contributed by atoms with Crippen LogP contribution in [-0.4, -0.2) is 17.5 Å². The molecule has 0 unspecified atom stereocenters. The fourth-order valence-corrected chi connectivity index (χ4v) is 0.612. The molecule has 0 aliphatic rings. The molecule has 0 aliphatic heterocycles. The van der Waals surface area contributed by atoms with Crippen molar-refractivity contribution in [3.63, 3.8) is 0 Å². The maximum atomic E-state index is 5.15. The van der Waals surface area contributed by atoms with Gasteiger partial charge in [-0.1, -0.05) is 0 Å². The van der Waals surface area contributed by atoms with E-state index >= 15 is 0 Å². The molecule has 0 aromatic rings. The van der Waals surface area contributed by atoms with E-state index < -0.39 is 0 Å². The Bertz CT molecular complexity index is 63.0. The molecule has 39 valence electrons. The van der Waals surface area contributed by atoms with Crippen LogP contribution in [-0.2, 0) is 0 Å². The minimum absolute atomic E-state index is 0.286. The van der Waals surface area contributed by atoms with Crippen LogP contribution in [0.25, 0.3) is 0 Å². The zero-order chi connectivity index (χ0) is 5.91. The molecule has 0 saturated carbocycles. The molecular formula is C5H10BS. The molecule has 2 heteroatoms. The third-order valence-corrected chi connectivity index (χ3v) is 1.26. The average Bonchev–Trinajstić information content (AvgIpc) is 1.30. The van der Waals surface area contributed by atoms with Gasteiger partial charge in [0.05, 0.1) is 0 Å². The first-order chi connectivity index (χ1) is 3.06. The summed E-state index contributed by atoms with van der Waals surface area (Å²) in [5, 5.41) is 1.62. The number of rotatable bonds is 1. The normalized spacial score (nSPS) is 11.1. The summed E-state index contributed by atoms with van der Waals surface area (Å²) in [4.78, 5) is 0. The van der Waals surface area contributed by atoms with E-state index in [-0.39, 0.29) is 4.75 Å². The molecule has 7 heavy (non-hydrogen) atoms. The van der Waals surface area contributed by atoms with Crippen LogP contribution in [0.2, 0.25) is 0 Å². The Morgan fingerprint density at radius 2 is 1.86 bits per heavy atom. The summed E-state index contributed by atoms with van der Waals surface area (Å²) < 4.78 is 0.286. The Kier molecular flexibility index (Phi) is 2.66. The Balaban J connectivity index is 3.34. The van der Waals surface area contributed by atoms with Crippen molar-refractivity contribution in [2.24, 2.45) is 0 Å². The Labute approximate surface area is 50.8 Å². The van der Waals surface area contributed by atoms with Gasteiger partial charge in [-0.25, -0.2) is 0 Å². The summed E-state index contributed by atoms with van der Waals surface area (Å²) in [5.74, 6) is 0. The maximum absolute atomic E-state index is 5.15. The van der Waals surface area contributed by atoms with Crippen molar-refractivity contribution in [2.45, 2.75) is 25.5 Å². The van der Waals surface area contributed by atoms with Gasteiger partial charge in [-0.05, 0) is 0 Å². The van der Waals surface area contributed by atoms with Gasteiger partial charge in [0.1, 0.15) is 0 Å². The van der Waals surface area contributed by atoms with Gasteiger partial charge in [-0.2, -0.15) is 0 Å². The summed E-state index contributed by atoms with van der Waals surface area (Å²) in [6, 6.07) is 0. The van der Waals surface area contributed by atoms with Gasteiger partial charge in [0.2, 0.25) is 0 Å². The van der Waals surface area contributed by atoms with Gasteiger partial charge in [0.25, 0.3) is 0 Å². The first-order valence-electron chi connectivity index (χ1n) is 2.27. The standard InChI is InChI=1S/C5H10BS/c1-5(2,3)7-4-6/h4H,1-3H3. The molecule has 0 amide bonds. The van der Waals surface area contributed by atoms with Gasteiger partial charge in [-0.3, -0.25) is 0 Å². The number of hydrogen-bond donors (Lipinski definition) is 0. The second-order valence-corrected chi connectivity index (χ2v) is 4.10. The van der Waals surface area contributed by atoms with Gasteiger partial charge < -0.3 is 0 Å². The van der Waals surface area contributed by atoms with E-state index in [1.807, 2.05) is 0 Å². The first-order valence-corrected chi connectivity index (χ1v) is 3.15. The van der Waals surface area contributed by atoms with Crippen molar-refractivity contribution < 1.29 is 0 Å². The fraction of sp³-hybridized carbons (Fsp3) is 0.800. The molecule has 0 rings (SSSR count). The van der Waals surface area contributed by atoms with Gasteiger partial charge in [0.15, 0.2) is 0 Å². The van der Waals surface area contributed by atoms with Crippen molar-refractivity contribution in [1.82, 2.24) is 0 Å². The Morgan fingerprint density at radius 1 is 1.43 bits per heavy atom. The van der Waals surface area contributed by atoms with E-state index in [9.17, 15) is 0 Å². The third-order valence-electron chi connectivity index (χ3n) is 0.422. The van der Waals surface area contributed by atoms with E-state index in [2.05, 4.69) is 20.8 Å². The quantitative estimate of drug-likeness (QED) is 0.463. The number of thioether (sulfide) groups is 1. The van der Waals surface area contributed by atoms with Crippen LogP contribution in [0.4, 0.5) is 0 Å². The van der Waals surface area contributed by atoms with Crippen molar-refractivity contribution in [3.8, 4) is 0 Å². The summed E-state index contributed by atoms with van der Waals surface area (Å²) >= 11 is 1.64. The van der Waals surface area contributed by atoms with Crippen LogP contribution in [0, 0.1) is 0 Å². The molecular weight excluding hydrogens is 103 g/mol. The van der Waals surface area contributed by atoms with Crippen molar-refractivity contribution in [3.05, 3.63) is 0 Å². The van der Waals surface area contributed by atoms with Crippen molar-refractivity contribution >= 4 is 24.5 Å². The van der Waals surface area contributed by atoms with Gasteiger partial charge >= 0.3 is 50.1 Å². The van der Waals surface area contributed by atoms with Crippen LogP contribution in [0.15, 0.2) is 0 Å². The third kappa shape index (κ3) is 6.28. The zero-order valence-corrected chi connectivity index (χ0v) is 5.88. The molecule has 0 aromatic carbocycles. The summed E-state index contributed by atoms with van der Waals surface area (Å²) in [5.41, 5.74) is 0. The van der Waals surface area contributed by atoms with Crippen LogP contribution < -0.4 is 0 Å². The van der Waals surface area contributed by atoms with E-state index in [0.29, 0.717) is 0 Å². The second kappa shape index (κ2) is 2.56. The molecule has 1 radical (unpaired) electrons. The number of hydrogen-bond acceptors (Lipinski definition) is 1. The summed E-state index contributed by atoms with van der Waals surface area (Å²) in [7, 11) is 5.15. The predicted octanol–water partition coefficient (Wildman–Crippen LogP) is 1.45. The van der Waals surface area contributed by atoms with Crippen LogP contribution >= 0.6 is 11.8 Å². The molecule has 0 aliphatic carbocycles. The minimum atomic E-state index is 0.286. The average molecular weight is 113 g/mol. The van der Waals surface area contributed by atoms with E-state index in [1.165, 1.54) is 0 Å². The molecule has 0 spiro atoms. The molecule has 0 atom stereocenters. The summed E-state index contributed by atoms with van der Waals surface area (Å²) in [6.45, 7) is 6.38. The van der Waals surface area contributed by atoms with Crippen molar-refractivity contribution in [2.75, 3.05) is 0 Å². The van der Waals surface area contributed by atoms with Gasteiger partial charge in [0, 0.05) is 0 Å². The van der Waals surface area contributed by atoms with E-state index in [1.54, 1.807) is 17.1 Å². The predicted molar refractivity (Wildman–Crippen MR) is 39.2 cm³/mol. The topological polar surface area (TPSA) is 0 Å². The SMILES string of the molecule is [B]=CSC(C)(C)C. The Morgan fingerprint density at radius 3 is 1.86 bits per heavy atom. The molecule has 0 saturated heterocycles. The molecule has 0 heterocycles. The molecule has 0 nitrogen and oxygen atoms in total. The van der Waals surface area contributed by atoms with Crippen molar-refractivity contribution in [1.29, 1.82) is 0 Å². The first kappa shape index (κ1) is 7.28. The Hall–Kier alpha value is 0.285. The summed E-state index contributed by atoms with van der Waals surface area (Å²) in [6.07, 6.45) is 0. The van der Waals surface area contributed by atoms with Crippen LogP contribution in [0.5, 0.6) is 0 Å². The van der Waals surface area contributed by atoms with Crippen LogP contribution in [0.1, 0.15) is 20.8 Å². The van der Waals surface area contributed by atoms with E-state index in [0.717, 1.165) is 0 Å². The van der Waals surface area contributed by atoms with E-state index in [4.69, 9.17) is 7.49 Å². The van der Waals surface area contributed by atoms with Crippen LogP contribution in [0.3, 0.4) is 0 Å². The zero-order valence-electron chi connectivity index (χ0n) is 5.06. The molecule has 0 N–H and O–H groups in total. The monoisotopic (exact) mass is 113 g/mol. The molecule has 0 aromatic heterocycles.